The van der Waals surface area contributed by atoms with Gasteiger partial charge in [0.25, 0.3) is 0 Å². The number of piperazine rings is 1. The average molecular weight is 606 g/mol. The fourth-order valence-electron chi connectivity index (χ4n) is 5.77. The van der Waals surface area contributed by atoms with Crippen LogP contribution >= 0.6 is 0 Å². The van der Waals surface area contributed by atoms with Gasteiger partial charge in [0.1, 0.15) is 23.1 Å². The summed E-state index contributed by atoms with van der Waals surface area (Å²) in [6, 6.07) is 11.2. The van der Waals surface area contributed by atoms with Crippen molar-refractivity contribution in [1.29, 1.82) is 0 Å². The van der Waals surface area contributed by atoms with Gasteiger partial charge in [-0.15, -0.1) is 0 Å². The molecule has 2 aromatic heterocycles. The Morgan fingerprint density at radius 2 is 1.79 bits per heavy atom. The largest absolute Gasteiger partial charge is 0.355 e. The molecule has 2 fully saturated rings. The second kappa shape index (κ2) is 10.7. The van der Waals surface area contributed by atoms with Gasteiger partial charge < -0.3 is 9.80 Å². The number of nitrogens with zero attached hydrogens (tertiary/aromatic N) is 5. The normalized spacial score (nSPS) is 17.3. The van der Waals surface area contributed by atoms with Crippen molar-refractivity contribution in [3.8, 4) is 16.9 Å². The molecule has 9 nitrogen and oxygen atoms in total. The van der Waals surface area contributed by atoms with Crippen LogP contribution in [0.5, 0.6) is 0 Å². The van der Waals surface area contributed by atoms with E-state index in [0.717, 1.165) is 29.7 Å². The lowest BCUT2D eigenvalue weighted by Gasteiger charge is -2.40. The minimum atomic E-state index is -3.83. The van der Waals surface area contributed by atoms with Gasteiger partial charge in [-0.1, -0.05) is 30.8 Å². The summed E-state index contributed by atoms with van der Waals surface area (Å²) in [7, 11) is -3.83. The first-order valence-electron chi connectivity index (χ1n) is 13.9. The van der Waals surface area contributed by atoms with Crippen molar-refractivity contribution in [3.05, 3.63) is 88.9 Å². The Labute approximate surface area is 247 Å². The highest BCUT2D eigenvalue weighted by Crippen LogP contribution is 2.45. The van der Waals surface area contributed by atoms with Crippen molar-refractivity contribution in [2.45, 2.75) is 36.6 Å². The predicted molar refractivity (Wildman–Crippen MR) is 159 cm³/mol. The molecule has 0 spiro atoms. The molecule has 0 bridgehead atoms. The van der Waals surface area contributed by atoms with Gasteiger partial charge in [-0.2, -0.15) is 4.98 Å². The molecule has 12 heteroatoms. The summed E-state index contributed by atoms with van der Waals surface area (Å²) in [5, 5.41) is 0.151. The molecular weight excluding hydrogens is 576 g/mol. The van der Waals surface area contributed by atoms with E-state index in [-0.39, 0.29) is 63.1 Å². The number of sulfone groups is 1. The molecule has 1 atom stereocenters. The minimum absolute atomic E-state index is 0.0281. The van der Waals surface area contributed by atoms with Gasteiger partial charge in [0.15, 0.2) is 15.5 Å². The van der Waals surface area contributed by atoms with Gasteiger partial charge in [0.05, 0.1) is 16.0 Å². The zero-order valence-electron chi connectivity index (χ0n) is 23.6. The SMILES string of the molecule is C=CC(=O)N1CCN(c2nc(=O)n(-c3c(C4CC4)cccc3S(C)(=O)=O)c3nc(-c4ccccc4F)c(F)cc23)[C@@H](C)C1. The summed E-state index contributed by atoms with van der Waals surface area (Å²) in [4.78, 5) is 38.5. The zero-order valence-corrected chi connectivity index (χ0v) is 24.4. The number of anilines is 1. The Hall–Kier alpha value is -4.45. The van der Waals surface area contributed by atoms with Crippen molar-refractivity contribution in [2.24, 2.45) is 0 Å². The highest BCUT2D eigenvalue weighted by atomic mass is 32.2. The Kier molecular flexibility index (Phi) is 7.11. The highest BCUT2D eigenvalue weighted by Gasteiger charge is 2.34. The maximum Gasteiger partial charge on any atom is 0.355 e. The van der Waals surface area contributed by atoms with E-state index in [9.17, 15) is 22.4 Å². The average Bonchev–Trinajstić information content (AvgIpc) is 3.82. The third kappa shape index (κ3) is 5.09. The predicted octanol–water partition coefficient (Wildman–Crippen LogP) is 4.23. The van der Waals surface area contributed by atoms with Gasteiger partial charge >= 0.3 is 5.69 Å². The molecule has 43 heavy (non-hydrogen) atoms. The van der Waals surface area contributed by atoms with Gasteiger partial charge in [0.2, 0.25) is 5.91 Å². The van der Waals surface area contributed by atoms with Crippen molar-refractivity contribution in [3.63, 3.8) is 0 Å². The smallest absolute Gasteiger partial charge is 0.350 e. The third-order valence-electron chi connectivity index (χ3n) is 7.99. The molecule has 0 unspecified atom stereocenters. The lowest BCUT2D eigenvalue weighted by atomic mass is 10.1. The van der Waals surface area contributed by atoms with Crippen molar-refractivity contribution in [1.82, 2.24) is 19.4 Å². The number of carbonyl (C=O) groups is 1. The number of carbonyl (C=O) groups excluding carboxylic acids is 1. The molecule has 1 saturated carbocycles. The summed E-state index contributed by atoms with van der Waals surface area (Å²) in [6.07, 6.45) is 3.91. The number of hydrogen-bond donors (Lipinski definition) is 0. The van der Waals surface area contributed by atoms with Crippen LogP contribution < -0.4 is 10.6 Å². The summed E-state index contributed by atoms with van der Waals surface area (Å²) in [5.74, 6) is -1.60. The molecule has 1 aliphatic carbocycles. The van der Waals surface area contributed by atoms with E-state index < -0.39 is 27.2 Å². The number of fused-ring (bicyclic) bond motifs is 1. The second-order valence-corrected chi connectivity index (χ2v) is 13.0. The fraction of sp³-hybridized carbons (Fsp3) is 0.290. The van der Waals surface area contributed by atoms with E-state index in [0.29, 0.717) is 18.7 Å². The van der Waals surface area contributed by atoms with Crippen LogP contribution in [0.15, 0.2) is 70.9 Å². The topological polar surface area (TPSA) is 105 Å². The number of halogens is 2. The van der Waals surface area contributed by atoms with Crippen molar-refractivity contribution >= 4 is 32.6 Å². The van der Waals surface area contributed by atoms with Gasteiger partial charge in [-0.05, 0) is 61.6 Å². The van der Waals surface area contributed by atoms with Crippen LogP contribution in [0.3, 0.4) is 0 Å². The van der Waals surface area contributed by atoms with Gasteiger partial charge in [-0.25, -0.2) is 31.5 Å². The number of aromatic nitrogens is 3. The molecule has 4 aromatic rings. The lowest BCUT2D eigenvalue weighted by molar-refractivity contribution is -0.126. The molecule has 1 saturated heterocycles. The number of amides is 1. The van der Waals surface area contributed by atoms with E-state index >= 15 is 4.39 Å². The van der Waals surface area contributed by atoms with Crippen LogP contribution in [-0.2, 0) is 14.6 Å². The molecule has 222 valence electrons. The Morgan fingerprint density at radius 3 is 2.44 bits per heavy atom. The van der Waals surface area contributed by atoms with Crippen LogP contribution in [-0.4, -0.2) is 65.7 Å². The van der Waals surface area contributed by atoms with Crippen LogP contribution in [0.1, 0.15) is 31.2 Å². The summed E-state index contributed by atoms with van der Waals surface area (Å²) in [5.41, 5.74) is -0.530. The Bertz CT molecular complexity index is 1970. The molecule has 1 amide bonds. The summed E-state index contributed by atoms with van der Waals surface area (Å²) in [6.45, 7) is 6.31. The monoisotopic (exact) mass is 605 g/mol. The van der Waals surface area contributed by atoms with Crippen LogP contribution in [0.4, 0.5) is 14.6 Å². The Balaban J connectivity index is 1.67. The third-order valence-corrected chi connectivity index (χ3v) is 9.12. The first kappa shape index (κ1) is 28.7. The lowest BCUT2D eigenvalue weighted by Crippen LogP contribution is -2.54. The number of hydrogen-bond acceptors (Lipinski definition) is 7. The van der Waals surface area contributed by atoms with E-state index in [1.165, 1.54) is 30.3 Å². The first-order valence-corrected chi connectivity index (χ1v) is 15.8. The molecule has 1 aliphatic heterocycles. The highest BCUT2D eigenvalue weighted by molar-refractivity contribution is 7.90. The maximum absolute atomic E-state index is 15.8. The fourth-order valence-corrected chi connectivity index (χ4v) is 6.66. The van der Waals surface area contributed by atoms with E-state index in [1.807, 2.05) is 6.92 Å². The van der Waals surface area contributed by atoms with E-state index in [4.69, 9.17) is 0 Å². The second-order valence-electron chi connectivity index (χ2n) is 11.0. The molecule has 3 heterocycles. The van der Waals surface area contributed by atoms with Crippen molar-refractivity contribution < 1.29 is 22.0 Å². The summed E-state index contributed by atoms with van der Waals surface area (Å²) >= 11 is 0. The molecule has 2 aromatic carbocycles. The van der Waals surface area contributed by atoms with E-state index in [1.54, 1.807) is 28.0 Å². The van der Waals surface area contributed by atoms with E-state index in [2.05, 4.69) is 16.5 Å². The molecule has 2 aliphatic rings. The quantitative estimate of drug-likeness (QED) is 0.303. The first-order chi connectivity index (χ1) is 20.5. The van der Waals surface area contributed by atoms with Crippen LogP contribution in [0.2, 0.25) is 0 Å². The van der Waals surface area contributed by atoms with Gasteiger partial charge in [0, 0.05) is 37.5 Å². The number of rotatable bonds is 6. The number of benzene rings is 2. The van der Waals surface area contributed by atoms with Crippen molar-refractivity contribution in [2.75, 3.05) is 30.8 Å². The molecule has 6 rings (SSSR count). The summed E-state index contributed by atoms with van der Waals surface area (Å²) < 4.78 is 57.9. The number of para-hydroxylation sites is 1. The standard InChI is InChI=1S/C31H29F2N5O4S/c1-4-26(39)36-14-15-37(18(2)17-36)29-22-16-24(33)27(21-8-5-6-10-23(21)32)34-30(22)38(31(40)35-29)28-20(19-12-13-19)9-7-11-25(28)43(3,41)42/h4-11,16,18-19H,1,12-15,17H2,2-3H3/t18-/m0/s1. The molecular formula is C31H29F2N5O4S. The van der Waals surface area contributed by atoms with Crippen LogP contribution in [0.25, 0.3) is 28.0 Å². The maximum atomic E-state index is 15.8. The minimum Gasteiger partial charge on any atom is -0.350 e. The zero-order chi connectivity index (χ0) is 30.6. The molecule has 0 N–H and O–H groups in total. The molecule has 0 radical (unpaired) electrons. The van der Waals surface area contributed by atoms with Gasteiger partial charge in [-0.3, -0.25) is 4.79 Å². The number of pyridine rings is 1. The van der Waals surface area contributed by atoms with Crippen LogP contribution in [0, 0.1) is 11.6 Å². The Morgan fingerprint density at radius 1 is 1.05 bits per heavy atom.